The van der Waals surface area contributed by atoms with Crippen molar-refractivity contribution in [3.8, 4) is 67.5 Å². The monoisotopic (exact) mass is 749 g/mol. The summed E-state index contributed by atoms with van der Waals surface area (Å²) < 4.78 is 5.10. The van der Waals surface area contributed by atoms with E-state index in [0.717, 1.165) is 22.3 Å². The van der Waals surface area contributed by atoms with Gasteiger partial charge in [0.15, 0.2) is 17.5 Å². The molecule has 5 heteroatoms. The van der Waals surface area contributed by atoms with Crippen LogP contribution in [0.1, 0.15) is 0 Å². The first-order chi connectivity index (χ1) is 27.7. The van der Waals surface area contributed by atoms with E-state index in [0.29, 0.717) is 17.5 Å². The zero-order chi connectivity index (χ0) is 37.0. The van der Waals surface area contributed by atoms with Gasteiger partial charge in [-0.2, -0.15) is 0 Å². The van der Waals surface area contributed by atoms with Crippen molar-refractivity contribution in [1.29, 1.82) is 0 Å². The Labute approximate surface area is 331 Å². The Kier molecular flexibility index (Phi) is 7.87. The molecule has 11 rings (SSSR count). The van der Waals surface area contributed by atoms with Crippen LogP contribution in [0.3, 0.4) is 0 Å². The Balaban J connectivity index is 0.981. The van der Waals surface area contributed by atoms with Gasteiger partial charge < -0.3 is 0 Å². The largest absolute Gasteiger partial charge is 0.208 e. The number of fused-ring (bicyclic) bond motifs is 6. The molecule has 11 aromatic rings. The molecule has 0 atom stereocenters. The van der Waals surface area contributed by atoms with Crippen LogP contribution in [-0.2, 0) is 0 Å². The SMILES string of the molecule is c1ccc(-c2ccc(-c3nc(-c4ccccc4)nc(-c4ccc5c(c4)sc4cc(-c6ccccc6-c6ccc7sc8ccccc8c7c6)ccc45)n3)cc2)cc1. The molecule has 56 heavy (non-hydrogen) atoms. The van der Waals surface area contributed by atoms with Crippen LogP contribution in [0.2, 0.25) is 0 Å². The second-order valence-electron chi connectivity index (χ2n) is 14.0. The maximum Gasteiger partial charge on any atom is 0.164 e. The van der Waals surface area contributed by atoms with Gasteiger partial charge in [0.05, 0.1) is 0 Å². The van der Waals surface area contributed by atoms with Gasteiger partial charge in [-0.25, -0.2) is 15.0 Å². The van der Waals surface area contributed by atoms with E-state index in [1.807, 2.05) is 46.9 Å². The van der Waals surface area contributed by atoms with Crippen LogP contribution >= 0.6 is 22.7 Å². The summed E-state index contributed by atoms with van der Waals surface area (Å²) in [6.07, 6.45) is 0. The molecule has 0 spiro atoms. The molecule has 0 fully saturated rings. The third-order valence-electron chi connectivity index (χ3n) is 10.6. The highest BCUT2D eigenvalue weighted by molar-refractivity contribution is 7.26. The second-order valence-corrected chi connectivity index (χ2v) is 16.2. The predicted octanol–water partition coefficient (Wildman–Crippen LogP) is 14.6. The molecule has 8 aromatic carbocycles. The predicted molar refractivity (Wildman–Crippen MR) is 238 cm³/mol. The lowest BCUT2D eigenvalue weighted by Gasteiger charge is -2.11. The highest BCUT2D eigenvalue weighted by Crippen LogP contribution is 2.42. The first-order valence-corrected chi connectivity index (χ1v) is 20.3. The highest BCUT2D eigenvalue weighted by Gasteiger charge is 2.16. The van der Waals surface area contributed by atoms with E-state index in [1.54, 1.807) is 0 Å². The number of hydrogen-bond acceptors (Lipinski definition) is 5. The molecular weight excluding hydrogens is 719 g/mol. The molecule has 3 aromatic heterocycles. The number of thiophene rings is 2. The van der Waals surface area contributed by atoms with E-state index >= 15 is 0 Å². The lowest BCUT2D eigenvalue weighted by Crippen LogP contribution is -2.00. The van der Waals surface area contributed by atoms with Crippen LogP contribution in [0.15, 0.2) is 188 Å². The Bertz CT molecular complexity index is 3240. The summed E-state index contributed by atoms with van der Waals surface area (Å²) in [6.45, 7) is 0. The molecule has 262 valence electrons. The minimum absolute atomic E-state index is 0.652. The van der Waals surface area contributed by atoms with E-state index in [9.17, 15) is 0 Å². The van der Waals surface area contributed by atoms with Gasteiger partial charge in [-0.1, -0.05) is 158 Å². The van der Waals surface area contributed by atoms with E-state index < -0.39 is 0 Å². The Morgan fingerprint density at radius 1 is 0.250 bits per heavy atom. The smallest absolute Gasteiger partial charge is 0.164 e. The van der Waals surface area contributed by atoms with Crippen molar-refractivity contribution in [1.82, 2.24) is 15.0 Å². The Morgan fingerprint density at radius 3 is 1.36 bits per heavy atom. The molecule has 3 heterocycles. The van der Waals surface area contributed by atoms with Crippen molar-refractivity contribution in [3.63, 3.8) is 0 Å². The molecule has 0 N–H and O–H groups in total. The van der Waals surface area contributed by atoms with E-state index in [-0.39, 0.29) is 0 Å². The quantitative estimate of drug-likeness (QED) is 0.170. The molecule has 0 unspecified atom stereocenters. The third kappa shape index (κ3) is 5.77. The first-order valence-electron chi connectivity index (χ1n) is 18.7. The summed E-state index contributed by atoms with van der Waals surface area (Å²) in [5, 5.41) is 5.12. The second kappa shape index (κ2) is 13.5. The van der Waals surface area contributed by atoms with Crippen molar-refractivity contribution in [2.45, 2.75) is 0 Å². The fourth-order valence-corrected chi connectivity index (χ4v) is 10.0. The molecule has 0 aliphatic rings. The molecule has 0 saturated heterocycles. The van der Waals surface area contributed by atoms with Crippen molar-refractivity contribution >= 4 is 63.0 Å². The Hall–Kier alpha value is -6.79. The number of benzene rings is 8. The van der Waals surface area contributed by atoms with Crippen LogP contribution in [0, 0.1) is 0 Å². The van der Waals surface area contributed by atoms with E-state index in [1.165, 1.54) is 68.2 Å². The van der Waals surface area contributed by atoms with Gasteiger partial charge in [-0.05, 0) is 63.7 Å². The van der Waals surface area contributed by atoms with Crippen molar-refractivity contribution < 1.29 is 0 Å². The summed E-state index contributed by atoms with van der Waals surface area (Å²) >= 11 is 3.67. The van der Waals surface area contributed by atoms with Gasteiger partial charge in [0, 0.05) is 57.0 Å². The number of hydrogen-bond donors (Lipinski definition) is 0. The van der Waals surface area contributed by atoms with Crippen molar-refractivity contribution in [3.05, 3.63) is 188 Å². The Morgan fingerprint density at radius 2 is 0.661 bits per heavy atom. The van der Waals surface area contributed by atoms with Gasteiger partial charge in [-0.3, -0.25) is 0 Å². The topological polar surface area (TPSA) is 38.7 Å². The molecule has 0 bridgehead atoms. The summed E-state index contributed by atoms with van der Waals surface area (Å²) in [5.74, 6) is 1.97. The molecule has 0 saturated carbocycles. The lowest BCUT2D eigenvalue weighted by atomic mass is 9.93. The summed E-state index contributed by atoms with van der Waals surface area (Å²) in [5.41, 5.74) is 10.1. The standard InChI is InChI=1S/C51H31N3S2/c1-3-11-32(12-4-1)33-19-21-35(22-20-33)50-52-49(34-13-5-2-6-14-34)53-51(54-50)38-24-27-43-42-26-23-37(30-47(42)56-48(43)31-38)40-16-8-7-15-39(40)36-25-28-46-44(29-36)41-17-9-10-18-45(41)55-46/h1-31H. The van der Waals surface area contributed by atoms with Crippen LogP contribution < -0.4 is 0 Å². The van der Waals surface area contributed by atoms with Gasteiger partial charge >= 0.3 is 0 Å². The van der Waals surface area contributed by atoms with Crippen LogP contribution in [-0.4, -0.2) is 15.0 Å². The summed E-state index contributed by atoms with van der Waals surface area (Å²) in [7, 11) is 0. The highest BCUT2D eigenvalue weighted by atomic mass is 32.1. The molecule has 0 radical (unpaired) electrons. The fraction of sp³-hybridized carbons (Fsp3) is 0. The zero-order valence-corrected chi connectivity index (χ0v) is 31.7. The fourth-order valence-electron chi connectivity index (χ4n) is 7.76. The van der Waals surface area contributed by atoms with E-state index in [2.05, 4.69) is 164 Å². The van der Waals surface area contributed by atoms with Crippen molar-refractivity contribution in [2.75, 3.05) is 0 Å². The molecule has 3 nitrogen and oxygen atoms in total. The average molecular weight is 750 g/mol. The number of nitrogens with zero attached hydrogens (tertiary/aromatic N) is 3. The zero-order valence-electron chi connectivity index (χ0n) is 30.1. The van der Waals surface area contributed by atoms with Gasteiger partial charge in [0.1, 0.15) is 0 Å². The molecular formula is C51H31N3S2. The maximum atomic E-state index is 5.07. The third-order valence-corrected chi connectivity index (χ3v) is 12.8. The van der Waals surface area contributed by atoms with Gasteiger partial charge in [0.25, 0.3) is 0 Å². The molecule has 0 aliphatic heterocycles. The average Bonchev–Trinajstić information content (AvgIpc) is 3.84. The first kappa shape index (κ1) is 32.6. The van der Waals surface area contributed by atoms with Gasteiger partial charge in [0.2, 0.25) is 0 Å². The van der Waals surface area contributed by atoms with Gasteiger partial charge in [-0.15, -0.1) is 22.7 Å². The van der Waals surface area contributed by atoms with Crippen LogP contribution in [0.4, 0.5) is 0 Å². The van der Waals surface area contributed by atoms with Crippen LogP contribution in [0.25, 0.3) is 108 Å². The van der Waals surface area contributed by atoms with E-state index in [4.69, 9.17) is 15.0 Å². The molecule has 0 amide bonds. The minimum atomic E-state index is 0.652. The lowest BCUT2D eigenvalue weighted by molar-refractivity contribution is 1.07. The number of aromatic nitrogens is 3. The normalized spacial score (nSPS) is 11.6. The molecule has 0 aliphatic carbocycles. The number of rotatable bonds is 6. The minimum Gasteiger partial charge on any atom is -0.208 e. The van der Waals surface area contributed by atoms with Crippen LogP contribution in [0.5, 0.6) is 0 Å². The summed E-state index contributed by atoms with van der Waals surface area (Å²) in [6, 6.07) is 66.9. The van der Waals surface area contributed by atoms with Crippen molar-refractivity contribution in [2.24, 2.45) is 0 Å². The maximum absolute atomic E-state index is 5.07. The summed E-state index contributed by atoms with van der Waals surface area (Å²) in [4.78, 5) is 15.1.